The Morgan fingerprint density at radius 1 is 1.19 bits per heavy atom. The van der Waals surface area contributed by atoms with E-state index in [1.54, 1.807) is 11.0 Å². The molecule has 0 unspecified atom stereocenters. The SMILES string of the molecule is Cn1nc(CC(=O)N2CCC(Oc3cc(F)cc(F)c3)CC2)ccc1=O. The van der Waals surface area contributed by atoms with Gasteiger partial charge in [0.2, 0.25) is 5.91 Å². The summed E-state index contributed by atoms with van der Waals surface area (Å²) in [7, 11) is 1.54. The van der Waals surface area contributed by atoms with Crippen LogP contribution in [0.2, 0.25) is 0 Å². The third kappa shape index (κ3) is 4.44. The summed E-state index contributed by atoms with van der Waals surface area (Å²) < 4.78 is 33.2. The highest BCUT2D eigenvalue weighted by atomic mass is 19.1. The van der Waals surface area contributed by atoms with Crippen LogP contribution in [0.4, 0.5) is 8.78 Å². The number of halogens is 2. The first-order chi connectivity index (χ1) is 12.4. The lowest BCUT2D eigenvalue weighted by Gasteiger charge is -2.32. The number of likely N-dealkylation sites (tertiary alicyclic amines) is 1. The zero-order valence-corrected chi connectivity index (χ0v) is 14.3. The second-order valence-corrected chi connectivity index (χ2v) is 6.27. The summed E-state index contributed by atoms with van der Waals surface area (Å²) in [5, 5.41) is 4.06. The molecule has 3 rings (SSSR count). The van der Waals surface area contributed by atoms with Crippen molar-refractivity contribution in [3.05, 3.63) is 58.0 Å². The number of hydrogen-bond donors (Lipinski definition) is 0. The van der Waals surface area contributed by atoms with Crippen molar-refractivity contribution in [1.29, 1.82) is 0 Å². The molecule has 1 aliphatic heterocycles. The van der Waals surface area contributed by atoms with Gasteiger partial charge in [0.1, 0.15) is 23.5 Å². The fraction of sp³-hybridized carbons (Fsp3) is 0.389. The summed E-state index contributed by atoms with van der Waals surface area (Å²) in [4.78, 5) is 25.4. The van der Waals surface area contributed by atoms with E-state index in [0.29, 0.717) is 31.6 Å². The van der Waals surface area contributed by atoms with E-state index in [1.165, 1.54) is 17.8 Å². The average molecular weight is 363 g/mol. The highest BCUT2D eigenvalue weighted by Crippen LogP contribution is 2.21. The summed E-state index contributed by atoms with van der Waals surface area (Å²) >= 11 is 0. The fourth-order valence-electron chi connectivity index (χ4n) is 2.92. The monoisotopic (exact) mass is 363 g/mol. The van der Waals surface area contributed by atoms with Crippen molar-refractivity contribution >= 4 is 5.91 Å². The van der Waals surface area contributed by atoms with E-state index in [2.05, 4.69) is 5.10 Å². The van der Waals surface area contributed by atoms with Crippen LogP contribution in [0, 0.1) is 11.6 Å². The van der Waals surface area contributed by atoms with Gasteiger partial charge < -0.3 is 9.64 Å². The second-order valence-electron chi connectivity index (χ2n) is 6.27. The Labute approximate surface area is 149 Å². The number of nitrogens with zero attached hydrogens (tertiary/aromatic N) is 3. The predicted octanol–water partition coefficient (Wildman–Crippen LogP) is 1.67. The quantitative estimate of drug-likeness (QED) is 0.829. The number of amides is 1. The zero-order valence-electron chi connectivity index (χ0n) is 14.3. The third-order valence-corrected chi connectivity index (χ3v) is 4.28. The maximum absolute atomic E-state index is 13.2. The third-order valence-electron chi connectivity index (χ3n) is 4.28. The molecule has 1 aromatic carbocycles. The van der Waals surface area contributed by atoms with Crippen molar-refractivity contribution in [2.75, 3.05) is 13.1 Å². The minimum Gasteiger partial charge on any atom is -0.490 e. The van der Waals surface area contributed by atoms with Crippen molar-refractivity contribution in [3.63, 3.8) is 0 Å². The molecule has 1 saturated heterocycles. The van der Waals surface area contributed by atoms with Crippen molar-refractivity contribution in [1.82, 2.24) is 14.7 Å². The normalized spacial score (nSPS) is 15.1. The van der Waals surface area contributed by atoms with E-state index in [4.69, 9.17) is 4.74 Å². The highest BCUT2D eigenvalue weighted by Gasteiger charge is 2.24. The molecule has 0 aliphatic carbocycles. The van der Waals surface area contributed by atoms with Gasteiger partial charge in [0.05, 0.1) is 12.1 Å². The topological polar surface area (TPSA) is 64.4 Å². The number of ether oxygens (including phenoxy) is 1. The Kier molecular flexibility index (Phi) is 5.29. The molecule has 1 amide bonds. The largest absolute Gasteiger partial charge is 0.490 e. The summed E-state index contributed by atoms with van der Waals surface area (Å²) in [6, 6.07) is 6.02. The van der Waals surface area contributed by atoms with E-state index in [0.717, 1.165) is 18.2 Å². The standard InChI is InChI=1S/C18H19F2N3O3/c1-22-17(24)3-2-14(21-22)11-18(25)23-6-4-15(5-7-23)26-16-9-12(19)8-13(20)10-16/h2-3,8-10,15H,4-7,11H2,1H3. The summed E-state index contributed by atoms with van der Waals surface area (Å²) in [6.07, 6.45) is 1.07. The molecule has 26 heavy (non-hydrogen) atoms. The van der Waals surface area contributed by atoms with Gasteiger partial charge in [-0.1, -0.05) is 0 Å². The van der Waals surface area contributed by atoms with E-state index < -0.39 is 11.6 Å². The molecule has 8 heteroatoms. The van der Waals surface area contributed by atoms with Gasteiger partial charge in [0, 0.05) is 57.2 Å². The minimum atomic E-state index is -0.683. The van der Waals surface area contributed by atoms with E-state index in [1.807, 2.05) is 0 Å². The summed E-state index contributed by atoms with van der Waals surface area (Å²) in [5.41, 5.74) is 0.304. The van der Waals surface area contributed by atoms with E-state index >= 15 is 0 Å². The molecule has 6 nitrogen and oxygen atoms in total. The maximum atomic E-state index is 13.2. The molecule has 0 saturated carbocycles. The molecule has 138 valence electrons. The van der Waals surface area contributed by atoms with Gasteiger partial charge in [-0.05, 0) is 6.07 Å². The number of carbonyl (C=O) groups is 1. The molecule has 1 aliphatic rings. The lowest BCUT2D eigenvalue weighted by molar-refractivity contribution is -0.132. The van der Waals surface area contributed by atoms with Gasteiger partial charge >= 0.3 is 0 Å². The second kappa shape index (κ2) is 7.63. The number of aromatic nitrogens is 2. The lowest BCUT2D eigenvalue weighted by Crippen LogP contribution is -2.42. The zero-order chi connectivity index (χ0) is 18.7. The molecule has 2 heterocycles. The van der Waals surface area contributed by atoms with Crippen molar-refractivity contribution in [2.24, 2.45) is 7.05 Å². The van der Waals surface area contributed by atoms with Gasteiger partial charge in [-0.15, -0.1) is 0 Å². The molecule has 1 fully saturated rings. The van der Waals surface area contributed by atoms with Crippen LogP contribution in [0.1, 0.15) is 18.5 Å². The van der Waals surface area contributed by atoms with Crippen LogP contribution in [0.3, 0.4) is 0 Å². The molecular formula is C18H19F2N3O3. The van der Waals surface area contributed by atoms with Gasteiger partial charge in [-0.25, -0.2) is 13.5 Å². The van der Waals surface area contributed by atoms with Crippen LogP contribution in [0.15, 0.2) is 35.1 Å². The van der Waals surface area contributed by atoms with Crippen LogP contribution in [-0.4, -0.2) is 39.8 Å². The average Bonchev–Trinajstić information content (AvgIpc) is 2.58. The molecule has 2 aromatic rings. The molecule has 0 radical (unpaired) electrons. The molecular weight excluding hydrogens is 344 g/mol. The Balaban J connectivity index is 1.53. The van der Waals surface area contributed by atoms with Gasteiger partial charge in [-0.2, -0.15) is 5.10 Å². The number of carbonyl (C=O) groups excluding carboxylic acids is 1. The first-order valence-electron chi connectivity index (χ1n) is 8.34. The van der Waals surface area contributed by atoms with E-state index in [9.17, 15) is 18.4 Å². The first-order valence-corrected chi connectivity index (χ1v) is 8.34. The maximum Gasteiger partial charge on any atom is 0.266 e. The Hall–Kier alpha value is -2.77. The molecule has 0 atom stereocenters. The fourth-order valence-corrected chi connectivity index (χ4v) is 2.92. The highest BCUT2D eigenvalue weighted by molar-refractivity contribution is 5.78. The molecule has 1 aromatic heterocycles. The molecule has 0 bridgehead atoms. The van der Waals surface area contributed by atoms with Crippen molar-refractivity contribution < 1.29 is 18.3 Å². The Bertz CT molecular complexity index is 841. The van der Waals surface area contributed by atoms with Gasteiger partial charge in [0.15, 0.2) is 0 Å². The van der Waals surface area contributed by atoms with Crippen LogP contribution >= 0.6 is 0 Å². The number of aryl methyl sites for hydroxylation is 1. The number of hydrogen-bond acceptors (Lipinski definition) is 4. The van der Waals surface area contributed by atoms with Crippen molar-refractivity contribution in [3.8, 4) is 5.75 Å². The smallest absolute Gasteiger partial charge is 0.266 e. The van der Waals surface area contributed by atoms with E-state index in [-0.39, 0.29) is 29.7 Å². The Morgan fingerprint density at radius 2 is 1.85 bits per heavy atom. The molecule has 0 N–H and O–H groups in total. The Morgan fingerprint density at radius 3 is 2.46 bits per heavy atom. The number of rotatable bonds is 4. The van der Waals surface area contributed by atoms with Crippen LogP contribution in [0.5, 0.6) is 5.75 Å². The minimum absolute atomic E-state index is 0.0774. The lowest BCUT2D eigenvalue weighted by atomic mass is 10.1. The predicted molar refractivity (Wildman–Crippen MR) is 89.8 cm³/mol. The van der Waals surface area contributed by atoms with Crippen LogP contribution in [-0.2, 0) is 18.3 Å². The number of piperidine rings is 1. The van der Waals surface area contributed by atoms with Gasteiger partial charge in [-0.3, -0.25) is 9.59 Å². The van der Waals surface area contributed by atoms with Crippen LogP contribution in [0.25, 0.3) is 0 Å². The first kappa shape index (κ1) is 18.0. The summed E-state index contributed by atoms with van der Waals surface area (Å²) in [5.74, 6) is -1.29. The number of benzene rings is 1. The van der Waals surface area contributed by atoms with Crippen LogP contribution < -0.4 is 10.3 Å². The molecule has 0 spiro atoms. The van der Waals surface area contributed by atoms with Crippen molar-refractivity contribution in [2.45, 2.75) is 25.4 Å². The summed E-state index contributed by atoms with van der Waals surface area (Å²) in [6.45, 7) is 0.986. The van der Waals surface area contributed by atoms with Gasteiger partial charge in [0.25, 0.3) is 5.56 Å².